The standard InChI is InChI=1S/C39H51N3O4Si.C18H25N3O2.CH4O.CH4/c1-37(2,3)46-36(43)40-31(27-29-19-21-30(22-20-29)34-28-42-24-26-44-39(7,8)35(42)41-34)23-25-45-47(38(4,5)6,32-15-11-9-12-16-32)33-17-13-10-14-18-33;1-18(2)17-20-16(12-21(17)8-10-23-18)14-5-3-13(4-6-14)11-15(19)7-9-22;1-2;/h9-22,28,31H,23-27H2,1-8H3,(H,40,43);3-6,12,15,22H,7-11,19H2,1-2H3;2H,1H3;1H4. The summed E-state index contributed by atoms with van der Waals surface area (Å²) >= 11 is 0. The highest BCUT2D eigenvalue weighted by molar-refractivity contribution is 6.99. The number of aromatic nitrogens is 4. The molecule has 396 valence electrons. The molecule has 0 aliphatic carbocycles. The van der Waals surface area contributed by atoms with E-state index >= 15 is 0 Å². The van der Waals surface area contributed by atoms with E-state index in [9.17, 15) is 4.79 Å². The molecule has 14 heteroatoms. The second-order valence-electron chi connectivity index (χ2n) is 21.7. The molecule has 13 nitrogen and oxygen atoms in total. The Labute approximate surface area is 436 Å². The number of aliphatic hydroxyl groups excluding tert-OH is 2. The van der Waals surface area contributed by atoms with Crippen molar-refractivity contribution >= 4 is 24.8 Å². The van der Waals surface area contributed by atoms with Gasteiger partial charge in [0.15, 0.2) is 0 Å². The van der Waals surface area contributed by atoms with Gasteiger partial charge in [0.2, 0.25) is 0 Å². The predicted octanol–water partition coefficient (Wildman–Crippen LogP) is 9.53. The van der Waals surface area contributed by atoms with Crippen molar-refractivity contribution in [1.82, 2.24) is 24.4 Å². The maximum atomic E-state index is 13.0. The summed E-state index contributed by atoms with van der Waals surface area (Å²) in [7, 11) is -1.71. The first kappa shape index (κ1) is 58.4. The van der Waals surface area contributed by atoms with Crippen molar-refractivity contribution in [2.24, 2.45) is 5.73 Å². The van der Waals surface area contributed by atoms with E-state index in [1.807, 2.05) is 20.8 Å². The van der Waals surface area contributed by atoms with Crippen LogP contribution in [0.2, 0.25) is 5.04 Å². The second kappa shape index (κ2) is 25.2. The smallest absolute Gasteiger partial charge is 0.407 e. The molecule has 2 unspecified atom stereocenters. The maximum absolute atomic E-state index is 13.0. The number of carbonyl (C=O) groups is 1. The number of hydrogen-bond donors (Lipinski definition) is 4. The number of aliphatic hydroxyl groups is 2. The Balaban J connectivity index is 0.000000318. The van der Waals surface area contributed by atoms with Crippen LogP contribution in [-0.4, -0.2) is 94.9 Å². The molecule has 1 amide bonds. The Hall–Kier alpha value is -5.45. The molecular formula is C59H84N6O7Si. The third-order valence-electron chi connectivity index (χ3n) is 13.1. The number of carbonyl (C=O) groups excluding carboxylic acids is 1. The molecule has 0 radical (unpaired) electrons. The number of nitrogens with zero attached hydrogens (tertiary/aromatic N) is 4. The lowest BCUT2D eigenvalue weighted by Crippen LogP contribution is -2.66. The highest BCUT2D eigenvalue weighted by atomic mass is 28.4. The average molecular weight is 1020 g/mol. The number of fused-ring (bicyclic) bond motifs is 2. The Bertz CT molecular complexity index is 2580. The van der Waals surface area contributed by atoms with Crippen molar-refractivity contribution in [1.29, 1.82) is 0 Å². The molecule has 0 spiro atoms. The van der Waals surface area contributed by atoms with Crippen LogP contribution in [-0.2, 0) is 55.8 Å². The summed E-state index contributed by atoms with van der Waals surface area (Å²) in [5.74, 6) is 1.93. The number of rotatable bonds is 15. The molecule has 0 saturated heterocycles. The minimum atomic E-state index is -2.71. The van der Waals surface area contributed by atoms with E-state index in [1.54, 1.807) is 0 Å². The fraction of sp³-hybridized carbons (Fsp3) is 0.475. The largest absolute Gasteiger partial charge is 0.444 e. The van der Waals surface area contributed by atoms with Crippen molar-refractivity contribution in [3.63, 3.8) is 0 Å². The molecule has 0 bridgehead atoms. The summed E-state index contributed by atoms with van der Waals surface area (Å²) in [6, 6.07) is 37.9. The summed E-state index contributed by atoms with van der Waals surface area (Å²) < 4.78 is 29.0. The lowest BCUT2D eigenvalue weighted by molar-refractivity contribution is -0.0541. The Kier molecular flexibility index (Phi) is 20.2. The minimum Gasteiger partial charge on any atom is -0.444 e. The molecule has 2 atom stereocenters. The topological polar surface area (TPSA) is 168 Å². The van der Waals surface area contributed by atoms with Crippen LogP contribution in [0.15, 0.2) is 122 Å². The van der Waals surface area contributed by atoms with Crippen molar-refractivity contribution in [3.05, 3.63) is 144 Å². The normalized spacial score (nSPS) is 15.6. The van der Waals surface area contributed by atoms with Crippen molar-refractivity contribution in [2.45, 2.75) is 149 Å². The molecule has 0 saturated carbocycles. The third kappa shape index (κ3) is 14.9. The van der Waals surface area contributed by atoms with Gasteiger partial charge in [0, 0.05) is 69.0 Å². The molecular weight excluding hydrogens is 933 g/mol. The number of amides is 1. The van der Waals surface area contributed by atoms with E-state index in [1.165, 1.54) is 15.9 Å². The second-order valence-corrected chi connectivity index (χ2v) is 26.0. The fourth-order valence-electron chi connectivity index (χ4n) is 9.63. The Morgan fingerprint density at radius 1 is 0.712 bits per heavy atom. The average Bonchev–Trinajstić information content (AvgIpc) is 3.99. The van der Waals surface area contributed by atoms with Crippen molar-refractivity contribution in [2.75, 3.05) is 33.5 Å². The van der Waals surface area contributed by atoms with Crippen molar-refractivity contribution < 1.29 is 33.6 Å². The first-order valence-corrected chi connectivity index (χ1v) is 27.3. The lowest BCUT2D eigenvalue weighted by atomic mass is 10.0. The number of alkyl carbamates (subject to hydrolysis) is 1. The van der Waals surface area contributed by atoms with Gasteiger partial charge in [-0.3, -0.25) is 0 Å². The Morgan fingerprint density at radius 2 is 1.15 bits per heavy atom. The third-order valence-corrected chi connectivity index (χ3v) is 18.2. The predicted molar refractivity (Wildman–Crippen MR) is 297 cm³/mol. The molecule has 2 aliphatic rings. The van der Waals surface area contributed by atoms with E-state index in [0.717, 1.165) is 73.0 Å². The fourth-order valence-corrected chi connectivity index (χ4v) is 14.2. The molecule has 2 aromatic heterocycles. The molecule has 5 N–H and O–H groups in total. The van der Waals surface area contributed by atoms with Crippen LogP contribution in [0.5, 0.6) is 0 Å². The summed E-state index contributed by atoms with van der Waals surface area (Å²) in [5.41, 5.74) is 11.0. The van der Waals surface area contributed by atoms with Crippen LogP contribution in [0.1, 0.15) is 112 Å². The molecule has 2 aliphatic heterocycles. The Morgan fingerprint density at radius 3 is 1.55 bits per heavy atom. The van der Waals surface area contributed by atoms with Crippen molar-refractivity contribution in [3.8, 4) is 22.5 Å². The number of nitrogens with one attached hydrogen (secondary N) is 1. The summed E-state index contributed by atoms with van der Waals surface area (Å²) in [5, 5.41) is 21.4. The number of nitrogens with two attached hydrogens (primary N) is 1. The quantitative estimate of drug-likeness (QED) is 0.0728. The van der Waals surface area contributed by atoms with E-state index in [0.29, 0.717) is 32.5 Å². The van der Waals surface area contributed by atoms with Crippen LogP contribution < -0.4 is 21.4 Å². The van der Waals surface area contributed by atoms with Gasteiger partial charge < -0.3 is 49.0 Å². The van der Waals surface area contributed by atoms with Gasteiger partial charge in [-0.05, 0) is 101 Å². The van der Waals surface area contributed by atoms with Gasteiger partial charge >= 0.3 is 6.09 Å². The van der Waals surface area contributed by atoms with Crippen LogP contribution in [0.3, 0.4) is 0 Å². The molecule has 4 heterocycles. The van der Waals surface area contributed by atoms with Crippen LogP contribution in [0.25, 0.3) is 22.5 Å². The van der Waals surface area contributed by atoms with Gasteiger partial charge in [-0.1, -0.05) is 137 Å². The van der Waals surface area contributed by atoms with Crippen LogP contribution >= 0.6 is 0 Å². The number of imidazole rings is 2. The molecule has 8 rings (SSSR count). The molecule has 4 aromatic carbocycles. The van der Waals surface area contributed by atoms with E-state index in [-0.39, 0.29) is 36.8 Å². The molecule has 6 aromatic rings. The molecule has 73 heavy (non-hydrogen) atoms. The SMILES string of the molecule is C.CC(C)(C)OC(=O)NC(CCO[Si](c1ccccc1)(c1ccccc1)C(C)(C)C)Cc1ccc(-c2cn3c(n2)C(C)(C)OCC3)cc1.CC1(C)OCCn2cc(-c3ccc(CC(N)CCO)cc3)nc21.CO. The van der Waals surface area contributed by atoms with E-state index < -0.39 is 25.6 Å². The lowest BCUT2D eigenvalue weighted by Gasteiger charge is -2.43. The number of benzene rings is 4. The van der Waals surface area contributed by atoms with Gasteiger partial charge in [0.05, 0.1) is 24.6 Å². The zero-order chi connectivity index (χ0) is 52.3. The summed E-state index contributed by atoms with van der Waals surface area (Å²) in [4.78, 5) is 22.7. The van der Waals surface area contributed by atoms with Gasteiger partial charge in [-0.25, -0.2) is 14.8 Å². The van der Waals surface area contributed by atoms with E-state index in [2.05, 4.69) is 185 Å². The first-order chi connectivity index (χ1) is 34.2. The van der Waals surface area contributed by atoms with Gasteiger partial charge in [0.25, 0.3) is 8.32 Å². The highest BCUT2D eigenvalue weighted by Gasteiger charge is 2.50. The monoisotopic (exact) mass is 1020 g/mol. The molecule has 0 fully saturated rings. The van der Waals surface area contributed by atoms with Gasteiger partial charge in [-0.2, -0.15) is 0 Å². The maximum Gasteiger partial charge on any atom is 0.407 e. The zero-order valence-electron chi connectivity index (χ0n) is 44.6. The summed E-state index contributed by atoms with van der Waals surface area (Å²) in [6.45, 7) is 24.4. The first-order valence-electron chi connectivity index (χ1n) is 25.3. The minimum absolute atomic E-state index is 0. The number of ether oxygens (including phenoxy) is 3. The highest BCUT2D eigenvalue weighted by Crippen LogP contribution is 2.37. The van der Waals surface area contributed by atoms with Crippen LogP contribution in [0.4, 0.5) is 4.79 Å². The van der Waals surface area contributed by atoms with Gasteiger partial charge in [-0.15, -0.1) is 0 Å². The zero-order valence-corrected chi connectivity index (χ0v) is 45.6. The van der Waals surface area contributed by atoms with E-state index in [4.69, 9.17) is 44.6 Å². The van der Waals surface area contributed by atoms with Gasteiger partial charge in [0.1, 0.15) is 28.5 Å². The summed E-state index contributed by atoms with van der Waals surface area (Å²) in [6.07, 6.45) is 6.48. The number of hydrogen-bond acceptors (Lipinski definition) is 10. The van der Waals surface area contributed by atoms with Crippen LogP contribution in [0, 0.1) is 0 Å².